The van der Waals surface area contributed by atoms with Gasteiger partial charge in [-0.15, -0.1) is 0 Å². The number of carbonyl (C=O) groups is 2. The molecule has 2 aliphatic rings. The van der Waals surface area contributed by atoms with Crippen molar-refractivity contribution in [3.63, 3.8) is 0 Å². The molecule has 1 aliphatic heterocycles. The summed E-state index contributed by atoms with van der Waals surface area (Å²) in [4.78, 5) is 25.1. The molecule has 2 fully saturated rings. The van der Waals surface area contributed by atoms with Crippen LogP contribution >= 0.6 is 0 Å². The predicted molar refractivity (Wildman–Crippen MR) is 69.8 cm³/mol. The molecule has 1 unspecified atom stereocenters. The van der Waals surface area contributed by atoms with Gasteiger partial charge in [-0.05, 0) is 12.8 Å². The van der Waals surface area contributed by atoms with Crippen molar-refractivity contribution in [3.8, 4) is 0 Å². The minimum atomic E-state index is -0.977. The van der Waals surface area contributed by atoms with Crippen LogP contribution in [0, 0.1) is 5.92 Å². The first-order valence-electron chi connectivity index (χ1n) is 7.31. The van der Waals surface area contributed by atoms with Crippen LogP contribution in [-0.4, -0.2) is 47.7 Å². The van der Waals surface area contributed by atoms with Gasteiger partial charge < -0.3 is 14.7 Å². The van der Waals surface area contributed by atoms with Crippen LogP contribution in [0.15, 0.2) is 0 Å². The zero-order valence-electron chi connectivity index (χ0n) is 11.3. The molecule has 0 radical (unpaired) electrons. The Balaban J connectivity index is 1.91. The van der Waals surface area contributed by atoms with Gasteiger partial charge in [0, 0.05) is 12.5 Å². The Hall–Kier alpha value is -1.10. The van der Waals surface area contributed by atoms with Crippen molar-refractivity contribution in [3.05, 3.63) is 0 Å². The maximum atomic E-state index is 12.5. The van der Waals surface area contributed by atoms with Gasteiger partial charge in [0.05, 0.1) is 13.2 Å². The molecule has 19 heavy (non-hydrogen) atoms. The molecule has 1 amide bonds. The fourth-order valence-electron chi connectivity index (χ4n) is 2.96. The number of nitrogens with zero attached hydrogens (tertiary/aromatic N) is 1. The van der Waals surface area contributed by atoms with Gasteiger partial charge in [-0.25, -0.2) is 4.79 Å². The van der Waals surface area contributed by atoms with Gasteiger partial charge in [0.2, 0.25) is 5.91 Å². The standard InChI is InChI=1S/C14H23NO4/c16-13(11-6-4-2-1-3-5-7-11)15-8-9-19-12(10-15)14(17)18/h11-12H,1-10H2,(H,17,18). The number of morpholine rings is 1. The van der Waals surface area contributed by atoms with Gasteiger partial charge in [-0.2, -0.15) is 0 Å². The van der Waals surface area contributed by atoms with E-state index in [9.17, 15) is 9.59 Å². The fraction of sp³-hybridized carbons (Fsp3) is 0.857. The number of carbonyl (C=O) groups excluding carboxylic acids is 1. The molecule has 1 atom stereocenters. The highest BCUT2D eigenvalue weighted by molar-refractivity contribution is 5.80. The molecular weight excluding hydrogens is 246 g/mol. The average Bonchev–Trinajstić information content (AvgIpc) is 2.38. The molecule has 0 spiro atoms. The molecule has 5 nitrogen and oxygen atoms in total. The zero-order chi connectivity index (χ0) is 13.7. The van der Waals surface area contributed by atoms with Gasteiger partial charge in [0.25, 0.3) is 0 Å². The Morgan fingerprint density at radius 3 is 2.32 bits per heavy atom. The largest absolute Gasteiger partial charge is 0.479 e. The van der Waals surface area contributed by atoms with Crippen molar-refractivity contribution in [1.82, 2.24) is 4.90 Å². The molecule has 1 saturated carbocycles. The van der Waals surface area contributed by atoms with E-state index in [-0.39, 0.29) is 18.4 Å². The smallest absolute Gasteiger partial charge is 0.334 e. The Morgan fingerprint density at radius 1 is 1.05 bits per heavy atom. The Bertz CT molecular complexity index is 323. The minimum absolute atomic E-state index is 0.0906. The van der Waals surface area contributed by atoms with Gasteiger partial charge in [-0.3, -0.25) is 4.79 Å². The van der Waals surface area contributed by atoms with E-state index in [0.29, 0.717) is 13.2 Å². The van der Waals surface area contributed by atoms with E-state index < -0.39 is 12.1 Å². The molecule has 1 N–H and O–H groups in total. The lowest BCUT2D eigenvalue weighted by Gasteiger charge is -2.33. The van der Waals surface area contributed by atoms with Crippen molar-refractivity contribution in [2.24, 2.45) is 5.92 Å². The van der Waals surface area contributed by atoms with Crippen LogP contribution in [0.3, 0.4) is 0 Å². The maximum absolute atomic E-state index is 12.5. The van der Waals surface area contributed by atoms with E-state index in [4.69, 9.17) is 9.84 Å². The number of carboxylic acids is 1. The number of carboxylic acid groups (broad SMARTS) is 1. The van der Waals surface area contributed by atoms with Crippen LogP contribution in [0.25, 0.3) is 0 Å². The maximum Gasteiger partial charge on any atom is 0.334 e. The van der Waals surface area contributed by atoms with Gasteiger partial charge in [0.15, 0.2) is 6.10 Å². The first-order valence-corrected chi connectivity index (χ1v) is 7.31. The number of rotatable bonds is 2. The molecule has 1 aliphatic carbocycles. The predicted octanol–water partition coefficient (Wildman–Crippen LogP) is 1.66. The lowest BCUT2D eigenvalue weighted by atomic mass is 9.90. The first kappa shape index (κ1) is 14.3. The third-order valence-electron chi connectivity index (χ3n) is 4.11. The van der Waals surface area contributed by atoms with E-state index in [1.54, 1.807) is 4.90 Å². The van der Waals surface area contributed by atoms with Crippen LogP contribution in [0.5, 0.6) is 0 Å². The fourth-order valence-corrected chi connectivity index (χ4v) is 2.96. The van der Waals surface area contributed by atoms with Gasteiger partial charge >= 0.3 is 5.97 Å². The number of ether oxygens (including phenoxy) is 1. The van der Waals surface area contributed by atoms with Gasteiger partial charge in [-0.1, -0.05) is 32.1 Å². The summed E-state index contributed by atoms with van der Waals surface area (Å²) in [5, 5.41) is 8.97. The molecule has 0 aromatic carbocycles. The van der Waals surface area contributed by atoms with Crippen LogP contribution in [-0.2, 0) is 14.3 Å². The van der Waals surface area contributed by atoms with Crippen molar-refractivity contribution in [2.75, 3.05) is 19.7 Å². The summed E-state index contributed by atoms with van der Waals surface area (Å²) in [7, 11) is 0. The average molecular weight is 269 g/mol. The summed E-state index contributed by atoms with van der Waals surface area (Å²) in [6, 6.07) is 0. The molecule has 1 saturated heterocycles. The molecular formula is C14H23NO4. The summed E-state index contributed by atoms with van der Waals surface area (Å²) < 4.78 is 5.16. The second-order valence-corrected chi connectivity index (χ2v) is 5.52. The molecule has 0 aromatic heterocycles. The normalized spacial score (nSPS) is 26.5. The lowest BCUT2D eigenvalue weighted by Crippen LogP contribution is -2.50. The van der Waals surface area contributed by atoms with E-state index in [0.717, 1.165) is 25.7 Å². The van der Waals surface area contributed by atoms with Gasteiger partial charge in [0.1, 0.15) is 0 Å². The number of aliphatic carboxylic acids is 1. The molecule has 0 bridgehead atoms. The highest BCUT2D eigenvalue weighted by atomic mass is 16.5. The van der Waals surface area contributed by atoms with Crippen molar-refractivity contribution >= 4 is 11.9 Å². The monoisotopic (exact) mass is 269 g/mol. The zero-order valence-corrected chi connectivity index (χ0v) is 11.3. The summed E-state index contributed by atoms with van der Waals surface area (Å²) in [6.45, 7) is 1.05. The topological polar surface area (TPSA) is 66.8 Å². The quantitative estimate of drug-likeness (QED) is 0.828. The molecule has 1 heterocycles. The first-order chi connectivity index (χ1) is 9.18. The SMILES string of the molecule is O=C(O)C1CN(C(=O)C2CCCCCCC2)CCO1. The number of hydrogen-bond donors (Lipinski definition) is 1. The van der Waals surface area contributed by atoms with Crippen LogP contribution in [0.2, 0.25) is 0 Å². The van der Waals surface area contributed by atoms with Crippen LogP contribution in [0.1, 0.15) is 44.9 Å². The molecule has 5 heteroatoms. The van der Waals surface area contributed by atoms with E-state index in [2.05, 4.69) is 0 Å². The number of amides is 1. The second-order valence-electron chi connectivity index (χ2n) is 5.52. The summed E-state index contributed by atoms with van der Waals surface area (Å²) in [5.41, 5.74) is 0. The lowest BCUT2D eigenvalue weighted by molar-refractivity contribution is -0.160. The minimum Gasteiger partial charge on any atom is -0.479 e. The Labute approximate surface area is 113 Å². The highest BCUT2D eigenvalue weighted by Crippen LogP contribution is 2.24. The third-order valence-corrected chi connectivity index (χ3v) is 4.11. The summed E-state index contributed by atoms with van der Waals surface area (Å²) in [6.07, 6.45) is 6.98. The van der Waals surface area contributed by atoms with E-state index >= 15 is 0 Å². The summed E-state index contributed by atoms with van der Waals surface area (Å²) in [5.74, 6) is -0.750. The molecule has 108 valence electrons. The Morgan fingerprint density at radius 2 is 1.68 bits per heavy atom. The van der Waals surface area contributed by atoms with Crippen LogP contribution in [0.4, 0.5) is 0 Å². The van der Waals surface area contributed by atoms with Crippen molar-refractivity contribution in [2.45, 2.75) is 51.0 Å². The second kappa shape index (κ2) is 6.89. The van der Waals surface area contributed by atoms with E-state index in [1.165, 1.54) is 19.3 Å². The van der Waals surface area contributed by atoms with E-state index in [1.807, 2.05) is 0 Å². The molecule has 0 aromatic rings. The molecule has 2 rings (SSSR count). The Kier molecular flexibility index (Phi) is 5.19. The third kappa shape index (κ3) is 3.93. The highest BCUT2D eigenvalue weighted by Gasteiger charge is 2.32. The van der Waals surface area contributed by atoms with Crippen LogP contribution < -0.4 is 0 Å². The van der Waals surface area contributed by atoms with Crippen molar-refractivity contribution < 1.29 is 19.4 Å². The summed E-state index contributed by atoms with van der Waals surface area (Å²) >= 11 is 0. The number of hydrogen-bond acceptors (Lipinski definition) is 3. The van der Waals surface area contributed by atoms with Crippen molar-refractivity contribution in [1.29, 1.82) is 0 Å².